The molecule has 0 spiro atoms. The van der Waals surface area contributed by atoms with Crippen LogP contribution in [0.5, 0.6) is 0 Å². The normalized spacial score (nSPS) is 11.9. The van der Waals surface area contributed by atoms with Crippen LogP contribution in [-0.4, -0.2) is 30.3 Å². The number of aromatic nitrogens is 5. The van der Waals surface area contributed by atoms with E-state index in [1.165, 1.54) is 0 Å². The van der Waals surface area contributed by atoms with Gasteiger partial charge in [0.05, 0.1) is 24.2 Å². The molecule has 31 heavy (non-hydrogen) atoms. The molecular weight excluding hydrogens is 409 g/mol. The SMILES string of the molecule is Cc1cc(-c2c(-c3ccccc3)nc(N)n3c(=O)n(CCC(F)(F)F)nc23)cc(C)n1. The van der Waals surface area contributed by atoms with Crippen molar-refractivity contribution in [1.29, 1.82) is 0 Å². The van der Waals surface area contributed by atoms with E-state index >= 15 is 0 Å². The number of nitrogens with zero attached hydrogens (tertiary/aromatic N) is 5. The Kier molecular flexibility index (Phi) is 5.00. The van der Waals surface area contributed by atoms with Crippen molar-refractivity contribution in [2.75, 3.05) is 5.73 Å². The molecular formula is C21H19F3N6O. The Labute approximate surface area is 175 Å². The molecule has 1 aromatic carbocycles. The van der Waals surface area contributed by atoms with E-state index in [1.807, 2.05) is 56.3 Å². The van der Waals surface area contributed by atoms with E-state index in [1.54, 1.807) is 0 Å². The largest absolute Gasteiger partial charge is 0.390 e. The lowest BCUT2D eigenvalue weighted by Gasteiger charge is -2.13. The molecule has 160 valence electrons. The number of anilines is 1. The Morgan fingerprint density at radius 2 is 1.65 bits per heavy atom. The van der Waals surface area contributed by atoms with Gasteiger partial charge in [-0.15, -0.1) is 5.10 Å². The molecule has 3 heterocycles. The van der Waals surface area contributed by atoms with Crippen molar-refractivity contribution in [1.82, 2.24) is 24.1 Å². The highest BCUT2D eigenvalue weighted by Gasteiger charge is 2.28. The van der Waals surface area contributed by atoms with E-state index in [0.717, 1.165) is 26.0 Å². The summed E-state index contributed by atoms with van der Waals surface area (Å²) in [5, 5.41) is 4.22. The fourth-order valence-electron chi connectivity index (χ4n) is 3.53. The molecule has 2 N–H and O–H groups in total. The average Bonchev–Trinajstić information content (AvgIpc) is 3.02. The van der Waals surface area contributed by atoms with Gasteiger partial charge in [0.1, 0.15) is 0 Å². The Balaban J connectivity index is 2.05. The Hall–Kier alpha value is -3.69. The molecule has 0 atom stereocenters. The summed E-state index contributed by atoms with van der Waals surface area (Å²) in [6.45, 7) is 3.04. The number of rotatable bonds is 4. The van der Waals surface area contributed by atoms with Crippen molar-refractivity contribution < 1.29 is 13.2 Å². The second kappa shape index (κ2) is 7.53. The molecule has 4 aromatic rings. The van der Waals surface area contributed by atoms with Crippen LogP contribution in [0.4, 0.5) is 19.1 Å². The smallest absolute Gasteiger partial charge is 0.369 e. The van der Waals surface area contributed by atoms with Crippen molar-refractivity contribution in [3.8, 4) is 22.4 Å². The van der Waals surface area contributed by atoms with Crippen LogP contribution in [0.3, 0.4) is 0 Å². The molecule has 7 nitrogen and oxygen atoms in total. The first-order valence-electron chi connectivity index (χ1n) is 9.51. The topological polar surface area (TPSA) is 91.1 Å². The van der Waals surface area contributed by atoms with Crippen molar-refractivity contribution in [2.45, 2.75) is 33.0 Å². The number of hydrogen-bond donors (Lipinski definition) is 1. The van der Waals surface area contributed by atoms with Gasteiger partial charge in [0.15, 0.2) is 5.65 Å². The third kappa shape index (κ3) is 4.00. The van der Waals surface area contributed by atoms with E-state index in [4.69, 9.17) is 5.73 Å². The van der Waals surface area contributed by atoms with Crippen LogP contribution in [0.15, 0.2) is 47.3 Å². The van der Waals surface area contributed by atoms with Crippen molar-refractivity contribution in [2.24, 2.45) is 0 Å². The van der Waals surface area contributed by atoms with Gasteiger partial charge in [-0.25, -0.2) is 18.9 Å². The van der Waals surface area contributed by atoms with Crippen LogP contribution in [-0.2, 0) is 6.54 Å². The van der Waals surface area contributed by atoms with E-state index < -0.39 is 24.8 Å². The molecule has 10 heteroatoms. The number of pyridine rings is 1. The predicted molar refractivity (Wildman–Crippen MR) is 110 cm³/mol. The number of nitrogen functional groups attached to an aromatic ring is 1. The zero-order valence-corrected chi connectivity index (χ0v) is 16.8. The van der Waals surface area contributed by atoms with Crippen molar-refractivity contribution in [3.63, 3.8) is 0 Å². The van der Waals surface area contributed by atoms with Gasteiger partial charge in [0, 0.05) is 17.0 Å². The van der Waals surface area contributed by atoms with Crippen LogP contribution in [0.1, 0.15) is 17.8 Å². The first kappa shape index (κ1) is 20.6. The second-order valence-electron chi connectivity index (χ2n) is 7.23. The molecule has 0 fully saturated rings. The third-order valence-electron chi connectivity index (χ3n) is 4.78. The van der Waals surface area contributed by atoms with E-state index in [9.17, 15) is 18.0 Å². The van der Waals surface area contributed by atoms with Crippen molar-refractivity contribution >= 4 is 11.6 Å². The lowest BCUT2D eigenvalue weighted by atomic mass is 9.99. The molecule has 0 aliphatic carbocycles. The number of benzene rings is 1. The quantitative estimate of drug-likeness (QED) is 0.534. The maximum Gasteiger partial charge on any atom is 0.390 e. The maximum absolute atomic E-state index is 12.8. The highest BCUT2D eigenvalue weighted by Crippen LogP contribution is 2.34. The van der Waals surface area contributed by atoms with E-state index in [0.29, 0.717) is 16.8 Å². The Morgan fingerprint density at radius 3 is 2.26 bits per heavy atom. The third-order valence-corrected chi connectivity index (χ3v) is 4.78. The number of halogens is 3. The summed E-state index contributed by atoms with van der Waals surface area (Å²) in [6, 6.07) is 12.8. The van der Waals surface area contributed by atoms with Crippen molar-refractivity contribution in [3.05, 3.63) is 64.3 Å². The van der Waals surface area contributed by atoms with E-state index in [-0.39, 0.29) is 11.6 Å². The van der Waals surface area contributed by atoms with Gasteiger partial charge in [-0.3, -0.25) is 4.98 Å². The number of alkyl halides is 3. The number of hydrogen-bond acceptors (Lipinski definition) is 5. The summed E-state index contributed by atoms with van der Waals surface area (Å²) in [5.41, 5.74) is 9.30. The van der Waals surface area contributed by atoms with Crippen LogP contribution < -0.4 is 11.4 Å². The summed E-state index contributed by atoms with van der Waals surface area (Å²) in [7, 11) is 0. The molecule has 0 aliphatic heterocycles. The van der Waals surface area contributed by atoms with Gasteiger partial charge in [-0.05, 0) is 31.5 Å². The van der Waals surface area contributed by atoms with Gasteiger partial charge >= 0.3 is 11.9 Å². The molecule has 0 radical (unpaired) electrons. The lowest BCUT2D eigenvalue weighted by Crippen LogP contribution is -2.25. The fourth-order valence-corrected chi connectivity index (χ4v) is 3.53. The standard InChI is InChI=1S/C21H19F3N6O/c1-12-10-15(11-13(2)26-12)16-17(14-6-4-3-5-7-14)27-19(25)30-18(16)28-29(20(30)31)9-8-21(22,23)24/h3-7,10-11H,8-9H2,1-2H3,(H2,25,27). The van der Waals surface area contributed by atoms with Gasteiger partial charge in [0.25, 0.3) is 0 Å². The number of fused-ring (bicyclic) bond motifs is 1. The molecule has 3 aromatic heterocycles. The highest BCUT2D eigenvalue weighted by molar-refractivity contribution is 5.90. The summed E-state index contributed by atoms with van der Waals surface area (Å²) < 4.78 is 40.0. The van der Waals surface area contributed by atoms with Gasteiger partial charge in [-0.1, -0.05) is 30.3 Å². The molecule has 0 saturated carbocycles. The second-order valence-corrected chi connectivity index (χ2v) is 7.23. The minimum Gasteiger partial charge on any atom is -0.369 e. The molecule has 0 aliphatic rings. The van der Waals surface area contributed by atoms with Gasteiger partial charge in [0.2, 0.25) is 5.95 Å². The average molecular weight is 428 g/mol. The number of nitrogens with two attached hydrogens (primary N) is 1. The maximum atomic E-state index is 12.8. The Bertz CT molecular complexity index is 1300. The summed E-state index contributed by atoms with van der Waals surface area (Å²) in [4.78, 5) is 21.6. The first-order valence-corrected chi connectivity index (χ1v) is 9.51. The van der Waals surface area contributed by atoms with Gasteiger partial charge < -0.3 is 5.73 Å². The molecule has 0 amide bonds. The van der Waals surface area contributed by atoms with E-state index in [2.05, 4.69) is 15.1 Å². The van der Waals surface area contributed by atoms with Crippen LogP contribution in [0.25, 0.3) is 28.0 Å². The highest BCUT2D eigenvalue weighted by atomic mass is 19.4. The zero-order valence-electron chi connectivity index (χ0n) is 16.8. The summed E-state index contributed by atoms with van der Waals surface area (Å²) in [6.07, 6.45) is -5.60. The molecule has 0 bridgehead atoms. The number of aryl methyl sites for hydroxylation is 3. The van der Waals surface area contributed by atoms with Gasteiger partial charge in [-0.2, -0.15) is 13.2 Å². The monoisotopic (exact) mass is 428 g/mol. The predicted octanol–water partition coefficient (Wildman–Crippen LogP) is 3.77. The first-order chi connectivity index (χ1) is 14.6. The van der Waals surface area contributed by atoms with Crippen LogP contribution in [0, 0.1) is 13.8 Å². The Morgan fingerprint density at radius 1 is 1.00 bits per heavy atom. The fraction of sp³-hybridized carbons (Fsp3) is 0.238. The molecule has 0 unspecified atom stereocenters. The zero-order chi connectivity index (χ0) is 22.3. The summed E-state index contributed by atoms with van der Waals surface area (Å²) in [5.74, 6) is -0.150. The minimum atomic E-state index is -4.42. The summed E-state index contributed by atoms with van der Waals surface area (Å²) >= 11 is 0. The van der Waals surface area contributed by atoms with Crippen LogP contribution >= 0.6 is 0 Å². The molecule has 0 saturated heterocycles. The lowest BCUT2D eigenvalue weighted by molar-refractivity contribution is -0.137. The minimum absolute atomic E-state index is 0.142. The molecule has 4 rings (SSSR count). The van der Waals surface area contributed by atoms with Crippen LogP contribution in [0.2, 0.25) is 0 Å².